The first-order valence-corrected chi connectivity index (χ1v) is 13.2. The van der Waals surface area contributed by atoms with Crippen LogP contribution in [0, 0.1) is 5.92 Å². The molecule has 1 N–H and O–H groups in total. The average Bonchev–Trinajstić information content (AvgIpc) is 3.62. The molecule has 1 unspecified atom stereocenters. The summed E-state index contributed by atoms with van der Waals surface area (Å²) in [6.45, 7) is 1.54. The summed E-state index contributed by atoms with van der Waals surface area (Å²) in [5.74, 6) is 0.627. The molecule has 6 nitrogen and oxygen atoms in total. The lowest BCUT2D eigenvalue weighted by Gasteiger charge is -2.48. The first-order valence-electron chi connectivity index (χ1n) is 11.9. The molecule has 2 aromatic rings. The Kier molecular flexibility index (Phi) is 6.05. The fourth-order valence-corrected chi connectivity index (χ4v) is 6.21. The Morgan fingerprint density at radius 1 is 1.03 bits per heavy atom. The van der Waals surface area contributed by atoms with E-state index in [2.05, 4.69) is 47.6 Å². The molecule has 3 aliphatic rings. The van der Waals surface area contributed by atoms with Gasteiger partial charge in [-0.3, -0.25) is 9.11 Å². The highest BCUT2D eigenvalue weighted by Crippen LogP contribution is 2.48. The zero-order chi connectivity index (χ0) is 23.1. The average molecular weight is 467 g/mol. The molecule has 0 radical (unpaired) electrons. The fourth-order valence-electron chi connectivity index (χ4n) is 5.75. The van der Waals surface area contributed by atoms with Crippen LogP contribution >= 0.6 is 0 Å². The van der Waals surface area contributed by atoms with Gasteiger partial charge in [0.05, 0.1) is 12.1 Å². The normalized spacial score (nSPS) is 28.5. The molecule has 0 bridgehead atoms. The van der Waals surface area contributed by atoms with Gasteiger partial charge in [-0.1, -0.05) is 53.5 Å². The lowest BCUT2D eigenvalue weighted by atomic mass is 9.69. The van der Waals surface area contributed by atoms with Gasteiger partial charge in [0, 0.05) is 23.5 Å². The van der Waals surface area contributed by atoms with E-state index in [0.717, 1.165) is 43.5 Å². The lowest BCUT2D eigenvalue weighted by molar-refractivity contribution is 0.0762. The summed E-state index contributed by atoms with van der Waals surface area (Å²) in [6.07, 6.45) is 6.33. The Balaban J connectivity index is 1.39. The molecular formula is C26H32N3O3S-. The number of rotatable bonds is 7. The van der Waals surface area contributed by atoms with Crippen LogP contribution in [0.15, 0.2) is 54.6 Å². The molecule has 1 aliphatic heterocycles. The minimum absolute atomic E-state index is 0.00243. The summed E-state index contributed by atoms with van der Waals surface area (Å²) in [4.78, 5) is 17.7. The smallest absolute Gasteiger partial charge is 0.325 e. The third-order valence-electron chi connectivity index (χ3n) is 8.00. The first kappa shape index (κ1) is 22.6. The molecule has 2 aliphatic carbocycles. The number of carbonyl (C=O) groups is 1. The fraction of sp³-hybridized carbons (Fsp3) is 0.500. The largest absolute Gasteiger partial charge is 0.772 e. The van der Waals surface area contributed by atoms with Gasteiger partial charge in [0.2, 0.25) is 0 Å². The van der Waals surface area contributed by atoms with Crippen molar-refractivity contribution in [3.63, 3.8) is 0 Å². The highest BCUT2D eigenvalue weighted by Gasteiger charge is 2.54. The molecule has 1 atom stereocenters. The number of benzene rings is 2. The molecule has 2 amide bonds. The molecule has 5 rings (SSSR count). The van der Waals surface area contributed by atoms with E-state index in [1.54, 1.807) is 0 Å². The molecule has 7 heteroatoms. The summed E-state index contributed by atoms with van der Waals surface area (Å²) in [5.41, 5.74) is 2.71. The van der Waals surface area contributed by atoms with E-state index < -0.39 is 11.1 Å². The molecular weight excluding hydrogens is 434 g/mol. The second kappa shape index (κ2) is 8.85. The maximum absolute atomic E-state index is 13.6. The maximum atomic E-state index is 13.6. The molecule has 2 aromatic carbocycles. The SMILES string of the molecule is CNC1(c2ccccc2)CCC2(CC1)CN(c1ccc(CS(=O)[O-])cc1)C(=O)N2CC1CC1. The molecule has 2 saturated carbocycles. The van der Waals surface area contributed by atoms with Crippen molar-refractivity contribution in [1.29, 1.82) is 0 Å². The molecule has 1 heterocycles. The Morgan fingerprint density at radius 3 is 2.27 bits per heavy atom. The van der Waals surface area contributed by atoms with E-state index in [1.165, 1.54) is 18.4 Å². The summed E-state index contributed by atoms with van der Waals surface area (Å²) in [7, 11) is 2.05. The molecule has 1 spiro atoms. The van der Waals surface area contributed by atoms with E-state index in [0.29, 0.717) is 12.5 Å². The van der Waals surface area contributed by atoms with Crippen molar-refractivity contribution < 1.29 is 13.6 Å². The monoisotopic (exact) mass is 466 g/mol. The van der Waals surface area contributed by atoms with Crippen LogP contribution in [0.4, 0.5) is 10.5 Å². The van der Waals surface area contributed by atoms with Crippen molar-refractivity contribution in [2.45, 2.75) is 55.4 Å². The van der Waals surface area contributed by atoms with Gasteiger partial charge in [-0.25, -0.2) is 4.79 Å². The number of anilines is 1. The first-order chi connectivity index (χ1) is 15.9. The van der Waals surface area contributed by atoms with Crippen molar-refractivity contribution >= 4 is 22.8 Å². The predicted molar refractivity (Wildman–Crippen MR) is 130 cm³/mol. The number of nitrogens with zero attached hydrogens (tertiary/aromatic N) is 2. The standard InChI is InChI=1S/C26H33N3O3S/c1-27-26(22-5-3-2-4-6-22)15-13-25(14-16-26)19-28(24(30)29(25)17-20-7-8-20)23-11-9-21(10-12-23)18-33(31)32/h2-6,9-12,20,27H,7-8,13-19H2,1H3,(H,31,32)/p-1. The second-order valence-corrected chi connectivity index (χ2v) is 10.9. The zero-order valence-corrected chi connectivity index (χ0v) is 20.0. The summed E-state index contributed by atoms with van der Waals surface area (Å²) >= 11 is -2.12. The van der Waals surface area contributed by atoms with Gasteiger partial charge < -0.3 is 14.8 Å². The molecule has 1 saturated heterocycles. The lowest BCUT2D eigenvalue weighted by Crippen LogP contribution is -2.55. The minimum atomic E-state index is -2.12. The van der Waals surface area contributed by atoms with E-state index in [9.17, 15) is 13.6 Å². The second-order valence-electron chi connectivity index (χ2n) is 9.96. The number of nitrogens with one attached hydrogen (secondary N) is 1. The van der Waals surface area contributed by atoms with Crippen LogP contribution in [0.2, 0.25) is 0 Å². The zero-order valence-electron chi connectivity index (χ0n) is 19.2. The topological polar surface area (TPSA) is 75.7 Å². The van der Waals surface area contributed by atoms with Crippen molar-refractivity contribution in [2.75, 3.05) is 25.0 Å². The van der Waals surface area contributed by atoms with Gasteiger partial charge in [0.1, 0.15) is 0 Å². The number of hydrogen-bond acceptors (Lipinski definition) is 4. The van der Waals surface area contributed by atoms with Crippen LogP contribution in [0.1, 0.15) is 49.7 Å². The Labute approximate surface area is 198 Å². The van der Waals surface area contributed by atoms with Crippen molar-refractivity contribution in [1.82, 2.24) is 10.2 Å². The summed E-state index contributed by atoms with van der Waals surface area (Å²) in [6, 6.07) is 18.2. The van der Waals surface area contributed by atoms with Crippen LogP contribution in [-0.2, 0) is 22.4 Å². The number of carbonyl (C=O) groups excluding carboxylic acids is 1. The van der Waals surface area contributed by atoms with Crippen molar-refractivity contribution in [3.8, 4) is 0 Å². The van der Waals surface area contributed by atoms with Crippen LogP contribution in [0.25, 0.3) is 0 Å². The van der Waals surface area contributed by atoms with E-state index in [-0.39, 0.29) is 22.9 Å². The van der Waals surface area contributed by atoms with Crippen molar-refractivity contribution in [3.05, 3.63) is 65.7 Å². The van der Waals surface area contributed by atoms with Crippen LogP contribution in [-0.4, -0.2) is 45.4 Å². The van der Waals surface area contributed by atoms with Gasteiger partial charge in [0.25, 0.3) is 0 Å². The molecule has 33 heavy (non-hydrogen) atoms. The van der Waals surface area contributed by atoms with Gasteiger partial charge in [-0.05, 0) is 74.8 Å². The quantitative estimate of drug-likeness (QED) is 0.622. The number of amides is 2. The van der Waals surface area contributed by atoms with Crippen LogP contribution in [0.5, 0.6) is 0 Å². The van der Waals surface area contributed by atoms with Gasteiger partial charge in [-0.2, -0.15) is 0 Å². The number of urea groups is 1. The Bertz CT molecular complexity index is 1010. The number of hydrogen-bond donors (Lipinski definition) is 1. The third-order valence-corrected chi connectivity index (χ3v) is 8.57. The van der Waals surface area contributed by atoms with Crippen LogP contribution < -0.4 is 10.2 Å². The molecule has 0 aromatic heterocycles. The molecule has 3 fully saturated rings. The van der Waals surface area contributed by atoms with E-state index in [4.69, 9.17) is 0 Å². The highest BCUT2D eigenvalue weighted by atomic mass is 32.2. The van der Waals surface area contributed by atoms with E-state index in [1.807, 2.05) is 29.2 Å². The Morgan fingerprint density at radius 2 is 1.70 bits per heavy atom. The summed E-state index contributed by atoms with van der Waals surface area (Å²) < 4.78 is 22.0. The van der Waals surface area contributed by atoms with Gasteiger partial charge in [0.15, 0.2) is 0 Å². The maximum Gasteiger partial charge on any atom is 0.325 e. The highest BCUT2D eigenvalue weighted by molar-refractivity contribution is 7.78. The Hall–Kier alpha value is -2.22. The predicted octanol–water partition coefficient (Wildman–Crippen LogP) is 4.15. The van der Waals surface area contributed by atoms with Gasteiger partial charge in [-0.15, -0.1) is 0 Å². The third kappa shape index (κ3) is 4.34. The molecule has 176 valence electrons. The van der Waals surface area contributed by atoms with E-state index >= 15 is 0 Å². The van der Waals surface area contributed by atoms with Crippen molar-refractivity contribution in [2.24, 2.45) is 5.92 Å². The minimum Gasteiger partial charge on any atom is -0.772 e. The van der Waals surface area contributed by atoms with Gasteiger partial charge >= 0.3 is 6.03 Å². The summed E-state index contributed by atoms with van der Waals surface area (Å²) in [5, 5.41) is 3.62. The van der Waals surface area contributed by atoms with Crippen LogP contribution in [0.3, 0.4) is 0 Å².